The smallest absolute Gasteiger partial charge is 0.260 e. The summed E-state index contributed by atoms with van der Waals surface area (Å²) in [6.07, 6.45) is 0. The fourth-order valence-electron chi connectivity index (χ4n) is 7.29. The molecule has 8 aromatic carbocycles. The van der Waals surface area contributed by atoms with Crippen molar-refractivity contribution in [3.63, 3.8) is 0 Å². The molecule has 0 amide bonds. The molecule has 47 heavy (non-hydrogen) atoms. The Balaban J connectivity index is 1.24. The summed E-state index contributed by atoms with van der Waals surface area (Å²) >= 11 is 0. The van der Waals surface area contributed by atoms with E-state index in [-0.39, 0.29) is 5.69 Å². The van der Waals surface area contributed by atoms with E-state index in [1.165, 1.54) is 49.0 Å². The van der Waals surface area contributed by atoms with Crippen LogP contribution in [0.1, 0.15) is 5.56 Å². The first-order chi connectivity index (χ1) is 23.2. The van der Waals surface area contributed by atoms with Crippen LogP contribution in [0.2, 0.25) is 0 Å². The number of nitrogens with zero attached hydrogens (tertiary/aromatic N) is 2. The second kappa shape index (κ2) is 10.7. The lowest BCUT2D eigenvalue weighted by Gasteiger charge is -2.18. The molecule has 0 atom stereocenters. The molecule has 0 radical (unpaired) electrons. The molecule has 9 rings (SSSR count). The molecule has 0 aliphatic carbocycles. The summed E-state index contributed by atoms with van der Waals surface area (Å²) in [6, 6.07) is 57.3. The first-order valence-electron chi connectivity index (χ1n) is 16.0. The van der Waals surface area contributed by atoms with Gasteiger partial charge in [-0.1, -0.05) is 121 Å². The Morgan fingerprint density at radius 2 is 0.915 bits per heavy atom. The molecule has 0 aliphatic heterocycles. The molecule has 0 N–H and O–H groups in total. The van der Waals surface area contributed by atoms with Gasteiger partial charge in [-0.05, 0) is 110 Å². The third-order valence-electron chi connectivity index (χ3n) is 9.39. The molecule has 0 saturated heterocycles. The number of imidazole rings is 1. The summed E-state index contributed by atoms with van der Waals surface area (Å²) < 4.78 is 3.63. The minimum Gasteiger partial charge on any atom is -0.260 e. The predicted molar refractivity (Wildman–Crippen MR) is 197 cm³/mol. The topological polar surface area (TPSA) is 26.9 Å². The van der Waals surface area contributed by atoms with Crippen molar-refractivity contribution >= 4 is 43.4 Å². The Hall–Kier alpha value is -6.19. The van der Waals surface area contributed by atoms with E-state index in [4.69, 9.17) is 0 Å². The lowest BCUT2D eigenvalue weighted by molar-refractivity contribution is 0.930. The first-order valence-corrected chi connectivity index (χ1v) is 16.0. The Morgan fingerprint density at radius 3 is 1.53 bits per heavy atom. The van der Waals surface area contributed by atoms with Gasteiger partial charge >= 0.3 is 5.69 Å². The second-order valence-electron chi connectivity index (χ2n) is 12.2. The Labute approximate surface area is 272 Å². The van der Waals surface area contributed by atoms with Crippen LogP contribution < -0.4 is 5.69 Å². The number of benzene rings is 8. The molecule has 3 nitrogen and oxygen atoms in total. The van der Waals surface area contributed by atoms with Gasteiger partial charge in [0.25, 0.3) is 0 Å². The van der Waals surface area contributed by atoms with Crippen molar-refractivity contribution in [2.45, 2.75) is 6.92 Å². The van der Waals surface area contributed by atoms with Crippen LogP contribution in [-0.2, 0) is 0 Å². The largest absolute Gasteiger partial charge is 0.338 e. The highest BCUT2D eigenvalue weighted by molar-refractivity contribution is 6.21. The molecule has 0 aliphatic rings. The highest BCUT2D eigenvalue weighted by atomic mass is 16.1. The van der Waals surface area contributed by atoms with E-state index in [0.717, 1.165) is 33.5 Å². The normalized spacial score (nSPS) is 11.6. The van der Waals surface area contributed by atoms with Crippen LogP contribution in [0, 0.1) is 6.92 Å². The lowest BCUT2D eigenvalue weighted by atomic mass is 9.85. The van der Waals surface area contributed by atoms with Gasteiger partial charge < -0.3 is 0 Å². The van der Waals surface area contributed by atoms with Crippen molar-refractivity contribution in [2.24, 2.45) is 0 Å². The Bertz CT molecular complexity index is 2650. The SMILES string of the molecule is Cc1cccc(-n2c(=O)n(-c3ccc(-c4c5ccccc5c(-c5ccc6ccccc6c5)c5ccccc45)cc3)c3ccccc32)c1. The first kappa shape index (κ1) is 27.1. The van der Waals surface area contributed by atoms with Crippen LogP contribution in [0.4, 0.5) is 0 Å². The minimum absolute atomic E-state index is 0.0832. The maximum atomic E-state index is 14.1. The zero-order valence-electron chi connectivity index (χ0n) is 25.9. The van der Waals surface area contributed by atoms with Gasteiger partial charge in [0.05, 0.1) is 22.4 Å². The van der Waals surface area contributed by atoms with Crippen molar-refractivity contribution in [3.8, 4) is 33.6 Å². The summed E-state index contributed by atoms with van der Waals surface area (Å²) in [5, 5.41) is 7.32. The molecule has 0 bridgehead atoms. The van der Waals surface area contributed by atoms with Gasteiger partial charge in [-0.2, -0.15) is 0 Å². The van der Waals surface area contributed by atoms with Crippen LogP contribution in [0.3, 0.4) is 0 Å². The molecule has 1 heterocycles. The maximum Gasteiger partial charge on any atom is 0.338 e. The predicted octanol–water partition coefficient (Wildman–Crippen LogP) is 10.9. The van der Waals surface area contributed by atoms with Gasteiger partial charge in [-0.3, -0.25) is 9.13 Å². The lowest BCUT2D eigenvalue weighted by Crippen LogP contribution is -2.22. The number of aryl methyl sites for hydroxylation is 1. The number of para-hydroxylation sites is 2. The van der Waals surface area contributed by atoms with Crippen LogP contribution in [-0.4, -0.2) is 9.13 Å². The average molecular weight is 603 g/mol. The summed E-state index contributed by atoms with van der Waals surface area (Å²) in [4.78, 5) is 14.1. The Kier molecular flexibility index (Phi) is 6.19. The fourth-order valence-corrected chi connectivity index (χ4v) is 7.29. The zero-order chi connectivity index (χ0) is 31.5. The van der Waals surface area contributed by atoms with Gasteiger partial charge in [0.2, 0.25) is 0 Å². The quantitative estimate of drug-likeness (QED) is 0.184. The van der Waals surface area contributed by atoms with Crippen LogP contribution in [0.25, 0.3) is 77.0 Å². The fraction of sp³-hybridized carbons (Fsp3) is 0.0227. The molecule has 0 spiro atoms. The van der Waals surface area contributed by atoms with E-state index in [9.17, 15) is 4.79 Å². The number of hydrogen-bond acceptors (Lipinski definition) is 1. The number of rotatable bonds is 4. The third-order valence-corrected chi connectivity index (χ3v) is 9.39. The van der Waals surface area contributed by atoms with Gasteiger partial charge in [0.1, 0.15) is 0 Å². The molecule has 3 heteroatoms. The number of fused-ring (bicyclic) bond motifs is 4. The van der Waals surface area contributed by atoms with Crippen LogP contribution in [0.5, 0.6) is 0 Å². The standard InChI is InChI=1S/C44H30N2O/c1-29-11-10-14-35(27-29)46-41-20-9-8-19-40(41)45(44(46)47)34-25-23-31(24-26-34)42-36-15-4-6-17-38(36)43(39-18-7-5-16-37(39)42)33-22-21-30-12-2-3-13-32(30)28-33/h2-28H,1H3. The Morgan fingerprint density at radius 1 is 0.404 bits per heavy atom. The minimum atomic E-state index is -0.0832. The molecule has 0 fully saturated rings. The maximum absolute atomic E-state index is 14.1. The third kappa shape index (κ3) is 4.32. The number of aromatic nitrogens is 2. The van der Waals surface area contributed by atoms with E-state index in [0.29, 0.717) is 0 Å². The van der Waals surface area contributed by atoms with Gasteiger partial charge in [-0.15, -0.1) is 0 Å². The van der Waals surface area contributed by atoms with E-state index < -0.39 is 0 Å². The highest BCUT2D eigenvalue weighted by Gasteiger charge is 2.19. The summed E-state index contributed by atoms with van der Waals surface area (Å²) in [6.45, 7) is 2.05. The molecule has 222 valence electrons. The molecule has 0 unspecified atom stereocenters. The van der Waals surface area contributed by atoms with Crippen molar-refractivity contribution < 1.29 is 0 Å². The molecule has 1 aromatic heterocycles. The van der Waals surface area contributed by atoms with Crippen molar-refractivity contribution in [1.29, 1.82) is 0 Å². The van der Waals surface area contributed by atoms with Gasteiger partial charge in [0, 0.05) is 0 Å². The molecular weight excluding hydrogens is 572 g/mol. The van der Waals surface area contributed by atoms with Crippen molar-refractivity contribution in [3.05, 3.63) is 180 Å². The zero-order valence-corrected chi connectivity index (χ0v) is 25.9. The van der Waals surface area contributed by atoms with Gasteiger partial charge in [0.15, 0.2) is 0 Å². The monoisotopic (exact) mass is 602 g/mol. The molecular formula is C44H30N2O. The van der Waals surface area contributed by atoms with Gasteiger partial charge in [-0.25, -0.2) is 4.79 Å². The highest BCUT2D eigenvalue weighted by Crippen LogP contribution is 2.44. The van der Waals surface area contributed by atoms with Crippen LogP contribution in [0.15, 0.2) is 169 Å². The summed E-state index contributed by atoms with van der Waals surface area (Å²) in [7, 11) is 0. The van der Waals surface area contributed by atoms with E-state index in [1.807, 2.05) is 58.5 Å². The number of hydrogen-bond donors (Lipinski definition) is 0. The molecule has 0 saturated carbocycles. The average Bonchev–Trinajstić information content (AvgIpc) is 3.42. The van der Waals surface area contributed by atoms with Crippen molar-refractivity contribution in [2.75, 3.05) is 0 Å². The van der Waals surface area contributed by atoms with E-state index >= 15 is 0 Å². The van der Waals surface area contributed by atoms with E-state index in [1.54, 1.807) is 0 Å². The summed E-state index contributed by atoms with van der Waals surface area (Å²) in [5.41, 5.74) is 9.26. The van der Waals surface area contributed by atoms with Crippen molar-refractivity contribution in [1.82, 2.24) is 9.13 Å². The summed E-state index contributed by atoms with van der Waals surface area (Å²) in [5.74, 6) is 0. The molecule has 9 aromatic rings. The van der Waals surface area contributed by atoms with Crippen LogP contribution >= 0.6 is 0 Å². The second-order valence-corrected chi connectivity index (χ2v) is 12.2. The van der Waals surface area contributed by atoms with E-state index in [2.05, 4.69) is 121 Å².